The van der Waals surface area contributed by atoms with Crippen LogP contribution in [0.3, 0.4) is 0 Å². The summed E-state index contributed by atoms with van der Waals surface area (Å²) in [5.74, 6) is 0.0681. The Hall–Kier alpha value is -1.46. The summed E-state index contributed by atoms with van der Waals surface area (Å²) in [6.07, 6.45) is 0.746. The normalized spacial score (nSPS) is 12.8. The third-order valence-electron chi connectivity index (χ3n) is 3.00. The highest BCUT2D eigenvalue weighted by Crippen LogP contribution is 2.21. The number of fused-ring (bicyclic) bond motifs is 1. The van der Waals surface area contributed by atoms with Gasteiger partial charge in [-0.05, 0) is 18.1 Å². The molecule has 0 radical (unpaired) electrons. The number of carbonyl (C=O) groups is 1. The maximum absolute atomic E-state index is 11.7. The lowest BCUT2D eigenvalue weighted by molar-refractivity contribution is -0.123. The molecule has 4 nitrogen and oxygen atoms in total. The lowest BCUT2D eigenvalue weighted by atomic mass is 10.1. The van der Waals surface area contributed by atoms with Gasteiger partial charge in [-0.2, -0.15) is 0 Å². The molecule has 0 spiro atoms. The predicted octanol–water partition coefficient (Wildman–Crippen LogP) is 1.94. The Morgan fingerprint density at radius 2 is 2.16 bits per heavy atom. The molecule has 102 valence electrons. The Morgan fingerprint density at radius 3 is 2.84 bits per heavy atom. The highest BCUT2D eigenvalue weighted by Gasteiger charge is 2.16. The van der Waals surface area contributed by atoms with Gasteiger partial charge in [0.05, 0.1) is 21.3 Å². The number of carbonyl (C=O) groups excluding carboxylic acids is 1. The first-order chi connectivity index (χ1) is 9.08. The van der Waals surface area contributed by atoms with Gasteiger partial charge >= 0.3 is 0 Å². The molecule has 1 unspecified atom stereocenters. The molecule has 1 atom stereocenters. The van der Waals surface area contributed by atoms with Gasteiger partial charge in [0.1, 0.15) is 0 Å². The number of hydrogen-bond acceptors (Lipinski definition) is 4. The molecule has 5 heteroatoms. The lowest BCUT2D eigenvalue weighted by Gasteiger charge is -2.14. The number of thiazole rings is 1. The molecular weight excluding hydrogens is 258 g/mol. The highest BCUT2D eigenvalue weighted by molar-refractivity contribution is 7.18. The minimum absolute atomic E-state index is 0.0869. The lowest BCUT2D eigenvalue weighted by Crippen LogP contribution is -2.44. The number of nitrogens with one attached hydrogen (secondary N) is 1. The van der Waals surface area contributed by atoms with E-state index in [0.717, 1.165) is 16.9 Å². The summed E-state index contributed by atoms with van der Waals surface area (Å²) in [4.78, 5) is 16.2. The fourth-order valence-electron chi connectivity index (χ4n) is 1.74. The molecule has 2 aromatic rings. The van der Waals surface area contributed by atoms with Crippen LogP contribution in [-0.4, -0.2) is 23.5 Å². The molecule has 0 aliphatic carbocycles. The topological polar surface area (TPSA) is 68.0 Å². The monoisotopic (exact) mass is 277 g/mol. The smallest absolute Gasteiger partial charge is 0.237 e. The average Bonchev–Trinajstić information content (AvgIpc) is 2.80. The van der Waals surface area contributed by atoms with Crippen LogP contribution >= 0.6 is 11.3 Å². The average molecular weight is 277 g/mol. The molecule has 1 aromatic heterocycles. The molecule has 1 heterocycles. The second kappa shape index (κ2) is 6.12. The van der Waals surface area contributed by atoms with Crippen LogP contribution in [0.2, 0.25) is 0 Å². The second-order valence-electron chi connectivity index (χ2n) is 4.89. The highest BCUT2D eigenvalue weighted by atomic mass is 32.1. The number of rotatable bonds is 5. The van der Waals surface area contributed by atoms with E-state index in [0.29, 0.717) is 6.54 Å². The van der Waals surface area contributed by atoms with Crippen molar-refractivity contribution in [1.29, 1.82) is 0 Å². The zero-order valence-electron chi connectivity index (χ0n) is 11.2. The molecule has 2 rings (SSSR count). The number of para-hydroxylation sites is 1. The van der Waals surface area contributed by atoms with Crippen LogP contribution in [0.25, 0.3) is 10.2 Å². The Balaban J connectivity index is 1.87. The summed E-state index contributed by atoms with van der Waals surface area (Å²) >= 11 is 1.67. The van der Waals surface area contributed by atoms with Gasteiger partial charge in [0, 0.05) is 13.0 Å². The van der Waals surface area contributed by atoms with E-state index >= 15 is 0 Å². The summed E-state index contributed by atoms with van der Waals surface area (Å²) in [6, 6.07) is 7.62. The van der Waals surface area contributed by atoms with Crippen molar-refractivity contribution >= 4 is 27.5 Å². The Labute approximate surface area is 117 Å². The molecule has 19 heavy (non-hydrogen) atoms. The van der Waals surface area contributed by atoms with E-state index in [4.69, 9.17) is 5.73 Å². The first-order valence-corrected chi connectivity index (χ1v) is 7.27. The molecule has 1 amide bonds. The Kier molecular flexibility index (Phi) is 4.50. The summed E-state index contributed by atoms with van der Waals surface area (Å²) in [5, 5.41) is 3.90. The predicted molar refractivity (Wildman–Crippen MR) is 79.1 cm³/mol. The van der Waals surface area contributed by atoms with E-state index in [1.807, 2.05) is 32.0 Å². The van der Waals surface area contributed by atoms with E-state index in [9.17, 15) is 4.79 Å². The van der Waals surface area contributed by atoms with Crippen molar-refractivity contribution in [3.8, 4) is 0 Å². The molecule has 0 bridgehead atoms. The van der Waals surface area contributed by atoms with Crippen molar-refractivity contribution in [2.45, 2.75) is 26.3 Å². The van der Waals surface area contributed by atoms with E-state index in [-0.39, 0.29) is 11.8 Å². The zero-order chi connectivity index (χ0) is 13.8. The number of aromatic nitrogens is 1. The summed E-state index contributed by atoms with van der Waals surface area (Å²) in [5.41, 5.74) is 6.80. The molecule has 1 aromatic carbocycles. The second-order valence-corrected chi connectivity index (χ2v) is 6.00. The van der Waals surface area contributed by atoms with Crippen molar-refractivity contribution in [3.63, 3.8) is 0 Å². The van der Waals surface area contributed by atoms with Gasteiger partial charge in [0.25, 0.3) is 0 Å². The van der Waals surface area contributed by atoms with Gasteiger partial charge in [-0.3, -0.25) is 4.79 Å². The van der Waals surface area contributed by atoms with Crippen LogP contribution < -0.4 is 11.1 Å². The van der Waals surface area contributed by atoms with Gasteiger partial charge in [0.2, 0.25) is 5.91 Å². The number of nitrogens with two attached hydrogens (primary N) is 1. The molecule has 0 saturated carbocycles. The van der Waals surface area contributed by atoms with Crippen LogP contribution in [0.15, 0.2) is 24.3 Å². The molecule has 0 aliphatic rings. The molecule has 0 saturated heterocycles. The summed E-state index contributed by atoms with van der Waals surface area (Å²) in [6.45, 7) is 4.47. The maximum atomic E-state index is 11.7. The van der Waals surface area contributed by atoms with Gasteiger partial charge in [-0.1, -0.05) is 26.0 Å². The maximum Gasteiger partial charge on any atom is 0.237 e. The first kappa shape index (κ1) is 14.0. The van der Waals surface area contributed by atoms with Crippen molar-refractivity contribution in [1.82, 2.24) is 10.3 Å². The fourth-order valence-corrected chi connectivity index (χ4v) is 2.71. The number of benzene rings is 1. The molecule has 3 N–H and O–H groups in total. The van der Waals surface area contributed by atoms with E-state index < -0.39 is 6.04 Å². The minimum atomic E-state index is -0.435. The van der Waals surface area contributed by atoms with Gasteiger partial charge in [0.15, 0.2) is 0 Å². The molecule has 0 fully saturated rings. The summed E-state index contributed by atoms with van der Waals surface area (Å²) in [7, 11) is 0. The van der Waals surface area contributed by atoms with Gasteiger partial charge < -0.3 is 11.1 Å². The van der Waals surface area contributed by atoms with Crippen LogP contribution in [0.1, 0.15) is 18.9 Å². The largest absolute Gasteiger partial charge is 0.354 e. The van der Waals surface area contributed by atoms with Crippen molar-refractivity contribution in [2.24, 2.45) is 11.7 Å². The minimum Gasteiger partial charge on any atom is -0.354 e. The molecule has 0 aliphatic heterocycles. The Bertz CT molecular complexity index is 532. The van der Waals surface area contributed by atoms with Gasteiger partial charge in [-0.25, -0.2) is 4.98 Å². The zero-order valence-corrected chi connectivity index (χ0v) is 12.0. The number of amides is 1. The summed E-state index contributed by atoms with van der Waals surface area (Å²) < 4.78 is 1.18. The third-order valence-corrected chi connectivity index (χ3v) is 4.09. The SMILES string of the molecule is CC(C)C(N)C(=O)NCCc1nc2ccccc2s1. The van der Waals surface area contributed by atoms with Crippen molar-refractivity contribution < 1.29 is 4.79 Å². The molecular formula is C14H19N3OS. The van der Waals surface area contributed by atoms with Crippen LogP contribution in [-0.2, 0) is 11.2 Å². The van der Waals surface area contributed by atoms with Crippen LogP contribution in [0.5, 0.6) is 0 Å². The van der Waals surface area contributed by atoms with E-state index in [1.54, 1.807) is 11.3 Å². The van der Waals surface area contributed by atoms with Crippen LogP contribution in [0.4, 0.5) is 0 Å². The third kappa shape index (κ3) is 3.52. The van der Waals surface area contributed by atoms with Gasteiger partial charge in [-0.15, -0.1) is 11.3 Å². The Morgan fingerprint density at radius 1 is 1.42 bits per heavy atom. The van der Waals surface area contributed by atoms with Crippen molar-refractivity contribution in [3.05, 3.63) is 29.3 Å². The first-order valence-electron chi connectivity index (χ1n) is 6.45. The quantitative estimate of drug-likeness (QED) is 0.877. The fraction of sp³-hybridized carbons (Fsp3) is 0.429. The standard InChI is InChI=1S/C14H19N3OS/c1-9(2)13(15)14(18)16-8-7-12-17-10-5-3-4-6-11(10)19-12/h3-6,9,13H,7-8,15H2,1-2H3,(H,16,18). The van der Waals surface area contributed by atoms with Crippen LogP contribution in [0, 0.1) is 5.92 Å². The number of nitrogens with zero attached hydrogens (tertiary/aromatic N) is 1. The van der Waals surface area contributed by atoms with Crippen molar-refractivity contribution in [2.75, 3.05) is 6.54 Å². The van der Waals surface area contributed by atoms with E-state index in [2.05, 4.69) is 16.4 Å². The van der Waals surface area contributed by atoms with E-state index in [1.165, 1.54) is 4.70 Å². The number of hydrogen-bond donors (Lipinski definition) is 2.